The van der Waals surface area contributed by atoms with Crippen molar-refractivity contribution in [3.05, 3.63) is 28.8 Å². The number of likely N-dealkylation sites (tertiary alicyclic amines) is 1. The lowest BCUT2D eigenvalue weighted by molar-refractivity contribution is -0.123. The van der Waals surface area contributed by atoms with E-state index in [-0.39, 0.29) is 29.3 Å². The lowest BCUT2D eigenvalue weighted by Crippen LogP contribution is -2.65. The van der Waals surface area contributed by atoms with Crippen LogP contribution in [0.1, 0.15) is 75.6 Å². The Balaban J connectivity index is 1.25. The van der Waals surface area contributed by atoms with Crippen molar-refractivity contribution in [2.24, 2.45) is 28.4 Å². The maximum absolute atomic E-state index is 13.0. The number of carbonyl (C=O) groups excluding carboxylic acids is 3. The summed E-state index contributed by atoms with van der Waals surface area (Å²) in [5.41, 5.74) is 6.81. The van der Waals surface area contributed by atoms with E-state index in [1.54, 1.807) is 23.1 Å². The number of carbonyl (C=O) groups is 3. The van der Waals surface area contributed by atoms with Crippen LogP contribution in [0.25, 0.3) is 0 Å². The van der Waals surface area contributed by atoms with Crippen LogP contribution in [0.2, 0.25) is 5.02 Å². The van der Waals surface area contributed by atoms with Gasteiger partial charge in [0.15, 0.2) is 0 Å². The van der Waals surface area contributed by atoms with E-state index >= 15 is 0 Å². The number of piperidine rings is 1. The van der Waals surface area contributed by atoms with Crippen LogP contribution in [-0.4, -0.2) is 41.4 Å². The van der Waals surface area contributed by atoms with Gasteiger partial charge in [-0.25, -0.2) is 4.79 Å². The minimum Gasteiger partial charge on any atom is -0.369 e. The van der Waals surface area contributed by atoms with Crippen molar-refractivity contribution in [2.45, 2.75) is 70.8 Å². The van der Waals surface area contributed by atoms with Crippen molar-refractivity contribution in [3.8, 4) is 0 Å². The first kappa shape index (κ1) is 23.5. The smallest absolute Gasteiger partial charge is 0.319 e. The Labute approximate surface area is 206 Å². The van der Waals surface area contributed by atoms with E-state index in [9.17, 15) is 14.4 Å². The predicted octanol–water partition coefficient (Wildman–Crippen LogP) is 4.55. The molecule has 1 aliphatic heterocycles. The molecule has 0 spiro atoms. The highest BCUT2D eigenvalue weighted by atomic mass is 35.5. The van der Waals surface area contributed by atoms with Crippen LogP contribution in [-0.2, 0) is 4.79 Å². The van der Waals surface area contributed by atoms with Gasteiger partial charge in [-0.05, 0) is 86.3 Å². The highest BCUT2D eigenvalue weighted by molar-refractivity contribution is 6.34. The van der Waals surface area contributed by atoms with Crippen LogP contribution in [0.4, 0.5) is 10.5 Å². The number of hydrogen-bond acceptors (Lipinski definition) is 3. The molecule has 0 radical (unpaired) electrons. The number of primary amides is 1. The van der Waals surface area contributed by atoms with Gasteiger partial charge < -0.3 is 21.3 Å². The highest BCUT2D eigenvalue weighted by Gasteiger charge is 2.60. The molecule has 7 nitrogen and oxygen atoms in total. The fourth-order valence-electron chi connectivity index (χ4n) is 8.31. The second-order valence-electron chi connectivity index (χ2n) is 12.2. The SMILES string of the molecule is C[C@]12CC3CC(NC(=O)Nc4ccc(C(=O)N5CCCC(C(N)=O)C5)cc4Cl)(C1)C[C@@](C)(C3)C2. The molecule has 4 saturated carbocycles. The summed E-state index contributed by atoms with van der Waals surface area (Å²) in [6.45, 7) is 5.67. The molecule has 1 heterocycles. The van der Waals surface area contributed by atoms with Crippen LogP contribution < -0.4 is 16.4 Å². The van der Waals surface area contributed by atoms with Crippen molar-refractivity contribution in [2.75, 3.05) is 18.4 Å². The monoisotopic (exact) mass is 486 g/mol. The number of rotatable bonds is 4. The fourth-order valence-corrected chi connectivity index (χ4v) is 8.54. The molecule has 0 aromatic heterocycles. The largest absolute Gasteiger partial charge is 0.369 e. The van der Waals surface area contributed by atoms with E-state index in [2.05, 4.69) is 24.5 Å². The molecular formula is C26H35ClN4O3. The van der Waals surface area contributed by atoms with Gasteiger partial charge in [-0.1, -0.05) is 25.4 Å². The molecule has 3 unspecified atom stereocenters. The zero-order valence-corrected chi connectivity index (χ0v) is 20.8. The Morgan fingerprint density at radius 1 is 1.09 bits per heavy atom. The Hall–Kier alpha value is -2.28. The molecule has 1 aromatic rings. The molecule has 1 aromatic carbocycles. The van der Waals surface area contributed by atoms with Crippen LogP contribution in [0, 0.1) is 22.7 Å². The molecule has 6 rings (SSSR count). The maximum Gasteiger partial charge on any atom is 0.319 e. The Kier molecular flexibility index (Phi) is 5.62. The highest BCUT2D eigenvalue weighted by Crippen LogP contribution is 2.66. The van der Waals surface area contributed by atoms with Gasteiger partial charge in [-0.2, -0.15) is 0 Å². The number of benzene rings is 1. The third-order valence-electron chi connectivity index (χ3n) is 8.58. The number of anilines is 1. The van der Waals surface area contributed by atoms with Crippen LogP contribution in [0.5, 0.6) is 0 Å². The Morgan fingerprint density at radius 3 is 2.41 bits per heavy atom. The van der Waals surface area contributed by atoms with Gasteiger partial charge in [-0.3, -0.25) is 9.59 Å². The topological polar surface area (TPSA) is 105 Å². The van der Waals surface area contributed by atoms with Gasteiger partial charge >= 0.3 is 6.03 Å². The third kappa shape index (κ3) is 4.39. The van der Waals surface area contributed by atoms with E-state index in [0.717, 1.165) is 25.7 Å². The zero-order chi connectivity index (χ0) is 24.3. The third-order valence-corrected chi connectivity index (χ3v) is 8.89. The first-order chi connectivity index (χ1) is 16.0. The first-order valence-corrected chi connectivity index (χ1v) is 12.8. The van der Waals surface area contributed by atoms with Crippen molar-refractivity contribution in [3.63, 3.8) is 0 Å². The molecule has 4 bridgehead atoms. The standard InChI is InChI=1S/C26H35ClN4O3/c1-24-9-16-10-25(2,13-24)15-26(11-16,14-24)30-23(34)29-20-6-5-17(8-19(20)27)22(33)31-7-3-4-18(12-31)21(28)32/h5-6,8,16,18H,3-4,7,9-15H2,1-2H3,(H2,28,32)(H2,29,30,34)/t16?,18?,24-,25+,26?. The molecule has 34 heavy (non-hydrogen) atoms. The number of nitrogens with one attached hydrogen (secondary N) is 2. The van der Waals surface area contributed by atoms with Crippen molar-refractivity contribution in [1.82, 2.24) is 10.2 Å². The second kappa shape index (κ2) is 8.14. The van der Waals surface area contributed by atoms with Gasteiger partial charge in [0.05, 0.1) is 16.6 Å². The van der Waals surface area contributed by atoms with E-state index < -0.39 is 0 Å². The Morgan fingerprint density at radius 2 is 1.79 bits per heavy atom. The summed E-state index contributed by atoms with van der Waals surface area (Å²) in [5.74, 6) is -0.182. The van der Waals surface area contributed by atoms with Gasteiger partial charge in [0.1, 0.15) is 0 Å². The van der Waals surface area contributed by atoms with E-state index in [1.807, 2.05) is 0 Å². The number of nitrogens with two attached hydrogens (primary N) is 1. The number of amides is 4. The number of hydrogen-bond donors (Lipinski definition) is 3. The van der Waals surface area contributed by atoms with Crippen LogP contribution >= 0.6 is 11.6 Å². The molecule has 4 N–H and O–H groups in total. The number of halogens is 1. The summed E-state index contributed by atoms with van der Waals surface area (Å²) < 4.78 is 0. The zero-order valence-electron chi connectivity index (χ0n) is 20.1. The molecule has 1 saturated heterocycles. The predicted molar refractivity (Wildman–Crippen MR) is 132 cm³/mol. The van der Waals surface area contributed by atoms with Crippen molar-refractivity contribution in [1.29, 1.82) is 0 Å². The number of urea groups is 1. The van der Waals surface area contributed by atoms with Crippen molar-refractivity contribution < 1.29 is 14.4 Å². The molecule has 5 atom stereocenters. The first-order valence-electron chi connectivity index (χ1n) is 12.4. The van der Waals surface area contributed by atoms with Gasteiger partial charge in [0.2, 0.25) is 5.91 Å². The number of nitrogens with zero attached hydrogens (tertiary/aromatic N) is 1. The minimum atomic E-state index is -0.372. The quantitative estimate of drug-likeness (QED) is 0.581. The normalized spacial score (nSPS) is 36.3. The average Bonchev–Trinajstić information content (AvgIpc) is 2.71. The maximum atomic E-state index is 13.0. The fraction of sp³-hybridized carbons (Fsp3) is 0.654. The summed E-state index contributed by atoms with van der Waals surface area (Å²) in [7, 11) is 0. The lowest BCUT2D eigenvalue weighted by atomic mass is 9.43. The van der Waals surface area contributed by atoms with Crippen molar-refractivity contribution >= 4 is 35.1 Å². The van der Waals surface area contributed by atoms with E-state index in [0.29, 0.717) is 52.5 Å². The summed E-state index contributed by atoms with van der Waals surface area (Å²) in [6, 6.07) is 4.69. The summed E-state index contributed by atoms with van der Waals surface area (Å²) in [6.07, 6.45) is 8.35. The summed E-state index contributed by atoms with van der Waals surface area (Å²) in [5, 5.41) is 6.55. The van der Waals surface area contributed by atoms with Crippen LogP contribution in [0.3, 0.4) is 0 Å². The molecule has 5 fully saturated rings. The molecule has 4 aliphatic carbocycles. The van der Waals surface area contributed by atoms with Crippen LogP contribution in [0.15, 0.2) is 18.2 Å². The summed E-state index contributed by atoms with van der Waals surface area (Å²) >= 11 is 6.47. The molecule has 4 amide bonds. The lowest BCUT2D eigenvalue weighted by Gasteiger charge is -2.65. The molecule has 184 valence electrons. The Bertz CT molecular complexity index is 1020. The van der Waals surface area contributed by atoms with Gasteiger partial charge in [-0.15, -0.1) is 0 Å². The second-order valence-corrected chi connectivity index (χ2v) is 12.6. The molecule has 8 heteroatoms. The van der Waals surface area contributed by atoms with E-state index in [1.165, 1.54) is 19.3 Å². The van der Waals surface area contributed by atoms with Gasteiger partial charge in [0.25, 0.3) is 5.91 Å². The molecule has 5 aliphatic rings. The van der Waals surface area contributed by atoms with Gasteiger partial charge in [0, 0.05) is 24.2 Å². The summed E-state index contributed by atoms with van der Waals surface area (Å²) in [4.78, 5) is 39.2. The van der Waals surface area contributed by atoms with E-state index in [4.69, 9.17) is 17.3 Å². The average molecular weight is 487 g/mol. The minimum absolute atomic E-state index is 0.152. The molecular weight excluding hydrogens is 452 g/mol.